The molecule has 0 fully saturated rings. The van der Waals surface area contributed by atoms with Gasteiger partial charge in [0.2, 0.25) is 0 Å². The Morgan fingerprint density at radius 2 is 1.56 bits per heavy atom. The zero-order chi connectivity index (χ0) is 18.8. The minimum atomic E-state index is -0.542. The topological polar surface area (TPSA) is 81.5 Å². The third-order valence-corrected chi connectivity index (χ3v) is 4.24. The zero-order valence-corrected chi connectivity index (χ0v) is 14.2. The monoisotopic (exact) mass is 361 g/mol. The zero-order valence-electron chi connectivity index (χ0n) is 14.2. The van der Waals surface area contributed by atoms with E-state index in [0.717, 1.165) is 10.6 Å². The third kappa shape index (κ3) is 3.22. The second kappa shape index (κ2) is 6.87. The molecule has 0 saturated heterocycles. The molecular weight excluding hydrogens is 346 g/mol. The summed E-state index contributed by atoms with van der Waals surface area (Å²) in [6.07, 6.45) is 3.31. The number of carbonyl (C=O) groups is 3. The number of esters is 1. The molecule has 0 bridgehead atoms. The average Bonchev–Trinajstić information content (AvgIpc) is 3.25. The molecule has 2 aromatic carbocycles. The van der Waals surface area contributed by atoms with Gasteiger partial charge in [-0.05, 0) is 24.3 Å². The lowest BCUT2D eigenvalue weighted by Crippen LogP contribution is -2.33. The molecule has 0 saturated carbocycles. The quantitative estimate of drug-likeness (QED) is 0.514. The molecule has 1 aliphatic heterocycles. The van der Waals surface area contributed by atoms with E-state index in [2.05, 4.69) is 5.10 Å². The molecule has 0 radical (unpaired) electrons. The number of amides is 2. The van der Waals surface area contributed by atoms with Crippen molar-refractivity contribution < 1.29 is 19.1 Å². The van der Waals surface area contributed by atoms with Crippen molar-refractivity contribution in [3.8, 4) is 5.69 Å². The number of hydrogen-bond acceptors (Lipinski definition) is 5. The first-order valence-electron chi connectivity index (χ1n) is 8.33. The van der Waals surface area contributed by atoms with E-state index in [1.807, 2.05) is 30.3 Å². The summed E-state index contributed by atoms with van der Waals surface area (Å²) in [5.41, 5.74) is 2.19. The molecule has 0 aliphatic carbocycles. The standard InChI is InChI=1S/C20H15N3O4/c24-18(10-14-11-21-23(12-14)15-6-2-1-3-7-15)27-13-22-19(25)16-8-4-5-9-17(16)20(22)26/h1-9,11-12H,10,13H2. The molecule has 1 aliphatic rings. The summed E-state index contributed by atoms with van der Waals surface area (Å²) < 4.78 is 6.78. The number of ether oxygens (including phenoxy) is 1. The predicted octanol–water partition coefficient (Wildman–Crippen LogP) is 2.21. The maximum atomic E-state index is 12.2. The highest BCUT2D eigenvalue weighted by molar-refractivity contribution is 6.21. The fourth-order valence-electron chi connectivity index (χ4n) is 2.88. The number of aromatic nitrogens is 2. The Morgan fingerprint density at radius 3 is 2.22 bits per heavy atom. The van der Waals surface area contributed by atoms with Crippen LogP contribution in [0, 0.1) is 0 Å². The summed E-state index contributed by atoms with van der Waals surface area (Å²) in [7, 11) is 0. The maximum absolute atomic E-state index is 12.2. The van der Waals surface area contributed by atoms with Crippen LogP contribution >= 0.6 is 0 Å². The molecule has 7 nitrogen and oxygen atoms in total. The number of carbonyl (C=O) groups excluding carboxylic acids is 3. The average molecular weight is 361 g/mol. The third-order valence-electron chi connectivity index (χ3n) is 4.24. The smallest absolute Gasteiger partial charge is 0.312 e. The van der Waals surface area contributed by atoms with Crippen molar-refractivity contribution in [3.05, 3.63) is 83.7 Å². The van der Waals surface area contributed by atoms with E-state index in [0.29, 0.717) is 16.7 Å². The van der Waals surface area contributed by atoms with Gasteiger partial charge in [0.15, 0.2) is 6.73 Å². The first-order valence-corrected chi connectivity index (χ1v) is 8.33. The first-order chi connectivity index (χ1) is 13.1. The Bertz CT molecular complexity index is 991. The van der Waals surface area contributed by atoms with Gasteiger partial charge in [-0.1, -0.05) is 30.3 Å². The van der Waals surface area contributed by atoms with Crippen molar-refractivity contribution in [2.24, 2.45) is 0 Å². The van der Waals surface area contributed by atoms with Gasteiger partial charge < -0.3 is 4.74 Å². The van der Waals surface area contributed by atoms with Crippen LogP contribution in [0.5, 0.6) is 0 Å². The highest BCUT2D eigenvalue weighted by Crippen LogP contribution is 2.22. The van der Waals surface area contributed by atoms with Crippen LogP contribution in [0.15, 0.2) is 67.0 Å². The molecule has 4 rings (SSSR count). The van der Waals surface area contributed by atoms with Crippen LogP contribution in [-0.4, -0.2) is 39.2 Å². The Labute approximate surface area is 154 Å². The highest BCUT2D eigenvalue weighted by Gasteiger charge is 2.35. The van der Waals surface area contributed by atoms with E-state index in [-0.39, 0.29) is 6.42 Å². The van der Waals surface area contributed by atoms with Crippen molar-refractivity contribution in [2.45, 2.75) is 6.42 Å². The van der Waals surface area contributed by atoms with Crippen molar-refractivity contribution in [3.63, 3.8) is 0 Å². The van der Waals surface area contributed by atoms with Gasteiger partial charge in [-0.25, -0.2) is 9.58 Å². The van der Waals surface area contributed by atoms with Gasteiger partial charge in [-0.2, -0.15) is 5.10 Å². The van der Waals surface area contributed by atoms with Gasteiger partial charge in [0.25, 0.3) is 11.8 Å². The molecule has 134 valence electrons. The van der Waals surface area contributed by atoms with Crippen LogP contribution < -0.4 is 0 Å². The second-order valence-corrected chi connectivity index (χ2v) is 6.03. The lowest BCUT2D eigenvalue weighted by atomic mass is 10.1. The first kappa shape index (κ1) is 16.7. The molecule has 0 unspecified atom stereocenters. The van der Waals surface area contributed by atoms with Crippen molar-refractivity contribution in [2.75, 3.05) is 6.73 Å². The summed E-state index contributed by atoms with van der Waals surface area (Å²) in [5, 5.41) is 4.22. The summed E-state index contributed by atoms with van der Waals surface area (Å²) in [6, 6.07) is 16.0. The number of rotatable bonds is 5. The number of para-hydroxylation sites is 1. The van der Waals surface area contributed by atoms with Gasteiger partial charge in [0, 0.05) is 11.8 Å². The Kier molecular flexibility index (Phi) is 4.25. The summed E-state index contributed by atoms with van der Waals surface area (Å²) in [4.78, 5) is 37.5. The van der Waals surface area contributed by atoms with Crippen LogP contribution in [0.2, 0.25) is 0 Å². The number of benzene rings is 2. The number of nitrogens with zero attached hydrogens (tertiary/aromatic N) is 3. The lowest BCUT2D eigenvalue weighted by Gasteiger charge is -2.13. The molecule has 2 heterocycles. The molecule has 7 heteroatoms. The number of hydrogen-bond donors (Lipinski definition) is 0. The van der Waals surface area contributed by atoms with Crippen LogP contribution in [0.25, 0.3) is 5.69 Å². The Hall–Kier alpha value is -3.74. The largest absolute Gasteiger partial charge is 0.443 e. The van der Waals surface area contributed by atoms with E-state index in [4.69, 9.17) is 4.74 Å². The van der Waals surface area contributed by atoms with E-state index < -0.39 is 24.5 Å². The number of fused-ring (bicyclic) bond motifs is 1. The fraction of sp³-hybridized carbons (Fsp3) is 0.100. The summed E-state index contributed by atoms with van der Waals surface area (Å²) >= 11 is 0. The Morgan fingerprint density at radius 1 is 0.926 bits per heavy atom. The molecule has 27 heavy (non-hydrogen) atoms. The van der Waals surface area contributed by atoms with Gasteiger partial charge in [0.1, 0.15) is 0 Å². The SMILES string of the molecule is O=C(Cc1cnn(-c2ccccc2)c1)OCN1C(=O)c2ccccc2C1=O. The van der Waals surface area contributed by atoms with Gasteiger partial charge in [-0.15, -0.1) is 0 Å². The van der Waals surface area contributed by atoms with Crippen LogP contribution in [-0.2, 0) is 16.0 Å². The fourth-order valence-corrected chi connectivity index (χ4v) is 2.88. The molecule has 0 atom stereocenters. The molecular formula is C20H15N3O4. The van der Waals surface area contributed by atoms with Crippen molar-refractivity contribution >= 4 is 17.8 Å². The summed E-state index contributed by atoms with van der Waals surface area (Å²) in [6.45, 7) is -0.405. The number of imide groups is 1. The van der Waals surface area contributed by atoms with E-state index in [1.54, 1.807) is 41.3 Å². The maximum Gasteiger partial charge on any atom is 0.312 e. The van der Waals surface area contributed by atoms with Crippen LogP contribution in [0.1, 0.15) is 26.3 Å². The Balaban J connectivity index is 1.37. The lowest BCUT2D eigenvalue weighted by molar-refractivity contribution is -0.145. The van der Waals surface area contributed by atoms with Gasteiger partial charge in [0.05, 0.1) is 29.4 Å². The van der Waals surface area contributed by atoms with Crippen molar-refractivity contribution in [1.82, 2.24) is 14.7 Å². The second-order valence-electron chi connectivity index (χ2n) is 6.03. The predicted molar refractivity (Wildman–Crippen MR) is 95.2 cm³/mol. The molecule has 0 N–H and O–H groups in total. The van der Waals surface area contributed by atoms with Gasteiger partial charge in [-0.3, -0.25) is 14.4 Å². The van der Waals surface area contributed by atoms with E-state index >= 15 is 0 Å². The van der Waals surface area contributed by atoms with E-state index in [9.17, 15) is 14.4 Å². The molecule has 0 spiro atoms. The molecule has 2 amide bonds. The summed E-state index contributed by atoms with van der Waals surface area (Å²) in [5.74, 6) is -1.46. The van der Waals surface area contributed by atoms with E-state index in [1.165, 1.54) is 0 Å². The minimum absolute atomic E-state index is 0.00397. The minimum Gasteiger partial charge on any atom is -0.443 e. The van der Waals surface area contributed by atoms with Crippen LogP contribution in [0.4, 0.5) is 0 Å². The highest BCUT2D eigenvalue weighted by atomic mass is 16.5. The van der Waals surface area contributed by atoms with Crippen molar-refractivity contribution in [1.29, 1.82) is 0 Å². The molecule has 3 aromatic rings. The van der Waals surface area contributed by atoms with Gasteiger partial charge >= 0.3 is 5.97 Å². The van der Waals surface area contributed by atoms with Crippen LogP contribution in [0.3, 0.4) is 0 Å². The normalized spacial score (nSPS) is 13.0. The molecule has 1 aromatic heterocycles.